The van der Waals surface area contributed by atoms with Crippen molar-refractivity contribution in [3.05, 3.63) is 69.3 Å². The van der Waals surface area contributed by atoms with Crippen LogP contribution in [-0.2, 0) is 0 Å². The molecule has 1 aliphatic heterocycles. The minimum atomic E-state index is -0.559. The summed E-state index contributed by atoms with van der Waals surface area (Å²) in [6, 6.07) is 6.76. The van der Waals surface area contributed by atoms with E-state index in [0.717, 1.165) is 24.4 Å². The van der Waals surface area contributed by atoms with Crippen LogP contribution in [0.2, 0.25) is 15.1 Å². The minimum Gasteiger partial charge on any atom is -0.367 e. The fourth-order valence-corrected chi connectivity index (χ4v) is 5.02. The number of carbonyl (C=O) groups excluding carboxylic acids is 1. The van der Waals surface area contributed by atoms with Crippen LogP contribution in [0, 0.1) is 11.7 Å². The molecule has 7 nitrogen and oxygen atoms in total. The number of likely N-dealkylation sites (tertiary alicyclic amines) is 1. The van der Waals surface area contributed by atoms with Crippen molar-refractivity contribution in [3.8, 4) is 11.4 Å². The van der Waals surface area contributed by atoms with Crippen LogP contribution in [0.15, 0.2) is 42.9 Å². The van der Waals surface area contributed by atoms with Crippen LogP contribution in [-0.4, -0.2) is 50.4 Å². The molecule has 1 atom stereocenters. The molecule has 1 unspecified atom stereocenters. The van der Waals surface area contributed by atoms with Gasteiger partial charge >= 0.3 is 0 Å². The Labute approximate surface area is 215 Å². The monoisotopic (exact) mass is 532 g/mol. The summed E-state index contributed by atoms with van der Waals surface area (Å²) >= 11 is 18.5. The predicted octanol–water partition coefficient (Wildman–Crippen LogP) is 6.08. The molecule has 0 bridgehead atoms. The van der Waals surface area contributed by atoms with Gasteiger partial charge in [-0.3, -0.25) is 4.79 Å². The van der Waals surface area contributed by atoms with Gasteiger partial charge in [-0.1, -0.05) is 40.9 Å². The Kier molecular flexibility index (Phi) is 6.77. The molecule has 180 valence electrons. The van der Waals surface area contributed by atoms with Crippen LogP contribution in [0.4, 0.5) is 10.2 Å². The van der Waals surface area contributed by atoms with Crippen molar-refractivity contribution in [2.45, 2.75) is 12.8 Å². The van der Waals surface area contributed by atoms with E-state index in [0.29, 0.717) is 57.3 Å². The molecule has 1 aliphatic rings. The molecule has 3 aromatic heterocycles. The third-order valence-corrected chi connectivity index (χ3v) is 6.86. The average molecular weight is 534 g/mol. The van der Waals surface area contributed by atoms with E-state index in [1.54, 1.807) is 41.6 Å². The summed E-state index contributed by atoms with van der Waals surface area (Å²) in [5.74, 6) is -0.221. The molecule has 5 rings (SSSR count). The summed E-state index contributed by atoms with van der Waals surface area (Å²) in [7, 11) is 0. The lowest BCUT2D eigenvalue weighted by Crippen LogP contribution is -2.42. The Morgan fingerprint density at radius 3 is 2.80 bits per heavy atom. The Morgan fingerprint density at radius 1 is 1.20 bits per heavy atom. The highest BCUT2D eigenvalue weighted by Crippen LogP contribution is 2.30. The maximum atomic E-state index is 14.5. The second-order valence-corrected chi connectivity index (χ2v) is 9.63. The molecule has 0 saturated carbocycles. The number of pyridine rings is 1. The maximum absolute atomic E-state index is 14.5. The highest BCUT2D eigenvalue weighted by Gasteiger charge is 2.27. The highest BCUT2D eigenvalue weighted by atomic mass is 35.5. The van der Waals surface area contributed by atoms with E-state index < -0.39 is 5.82 Å². The third-order valence-electron chi connectivity index (χ3n) is 6.02. The van der Waals surface area contributed by atoms with Crippen LogP contribution in [0.5, 0.6) is 0 Å². The standard InChI is InChI=1S/C24H20Cl3FN6O/c25-14-7-15-16(10-31-21(15)30-9-14)22-32-11-19(28)23(33-22)29-8-13-3-2-6-34(12-13)24(35)20-17(26)4-1-5-18(20)27/h1,4-5,7,9-11,13H,2-3,6,8,12H2,(H,30,31)(H,29,32,33). The quantitative estimate of drug-likeness (QED) is 0.324. The molecular weight excluding hydrogens is 514 g/mol. The van der Waals surface area contributed by atoms with Gasteiger partial charge in [-0.2, -0.15) is 0 Å². The zero-order valence-electron chi connectivity index (χ0n) is 18.4. The normalized spacial score (nSPS) is 16.0. The first-order chi connectivity index (χ1) is 16.9. The van der Waals surface area contributed by atoms with Crippen molar-refractivity contribution in [3.63, 3.8) is 0 Å². The topological polar surface area (TPSA) is 86.8 Å². The molecule has 35 heavy (non-hydrogen) atoms. The Bertz CT molecular complexity index is 1390. The van der Waals surface area contributed by atoms with Crippen LogP contribution < -0.4 is 5.32 Å². The van der Waals surface area contributed by atoms with Crippen LogP contribution >= 0.6 is 34.8 Å². The number of nitrogens with zero attached hydrogens (tertiary/aromatic N) is 4. The van der Waals surface area contributed by atoms with Crippen molar-refractivity contribution >= 4 is 57.6 Å². The van der Waals surface area contributed by atoms with Gasteiger partial charge in [0.1, 0.15) is 5.65 Å². The lowest BCUT2D eigenvalue weighted by atomic mass is 9.97. The highest BCUT2D eigenvalue weighted by molar-refractivity contribution is 6.39. The van der Waals surface area contributed by atoms with Gasteiger partial charge < -0.3 is 15.2 Å². The molecule has 4 heterocycles. The van der Waals surface area contributed by atoms with Crippen molar-refractivity contribution in [2.75, 3.05) is 25.0 Å². The van der Waals surface area contributed by atoms with Gasteiger partial charge in [0, 0.05) is 43.0 Å². The van der Waals surface area contributed by atoms with Gasteiger partial charge in [-0.05, 0) is 37.0 Å². The molecule has 2 N–H and O–H groups in total. The summed E-state index contributed by atoms with van der Waals surface area (Å²) in [6.45, 7) is 1.55. The zero-order chi connectivity index (χ0) is 24.5. The van der Waals surface area contributed by atoms with Crippen LogP contribution in [0.3, 0.4) is 0 Å². The van der Waals surface area contributed by atoms with Gasteiger partial charge in [0.2, 0.25) is 0 Å². The Morgan fingerprint density at radius 2 is 2.00 bits per heavy atom. The van der Waals surface area contributed by atoms with E-state index in [9.17, 15) is 9.18 Å². The molecule has 1 aromatic carbocycles. The van der Waals surface area contributed by atoms with Crippen molar-refractivity contribution in [1.29, 1.82) is 0 Å². The van der Waals surface area contributed by atoms with E-state index in [1.165, 1.54) is 0 Å². The smallest absolute Gasteiger partial charge is 0.256 e. The molecule has 4 aromatic rings. The van der Waals surface area contributed by atoms with Gasteiger partial charge in [0.05, 0.1) is 26.8 Å². The maximum Gasteiger partial charge on any atom is 0.256 e. The van der Waals surface area contributed by atoms with Crippen molar-refractivity contribution in [2.24, 2.45) is 5.92 Å². The number of aromatic amines is 1. The van der Waals surface area contributed by atoms with E-state index in [4.69, 9.17) is 34.8 Å². The van der Waals surface area contributed by atoms with Gasteiger partial charge in [0.25, 0.3) is 5.91 Å². The number of halogens is 4. The molecular formula is C24H20Cl3FN6O. The lowest BCUT2D eigenvalue weighted by Gasteiger charge is -2.33. The Hall–Kier alpha value is -2.94. The predicted molar refractivity (Wildman–Crippen MR) is 136 cm³/mol. The number of carbonyl (C=O) groups is 1. The van der Waals surface area contributed by atoms with Crippen molar-refractivity contribution in [1.82, 2.24) is 24.8 Å². The van der Waals surface area contributed by atoms with Gasteiger partial charge in [-0.25, -0.2) is 19.3 Å². The van der Waals surface area contributed by atoms with E-state index >= 15 is 0 Å². The number of rotatable bonds is 5. The average Bonchev–Trinajstić information content (AvgIpc) is 3.26. The number of hydrogen-bond acceptors (Lipinski definition) is 5. The molecule has 1 fully saturated rings. The minimum absolute atomic E-state index is 0.0944. The molecule has 0 aliphatic carbocycles. The number of hydrogen-bond donors (Lipinski definition) is 2. The molecule has 0 spiro atoms. The number of H-pyrrole nitrogens is 1. The van der Waals surface area contributed by atoms with E-state index in [-0.39, 0.29) is 17.6 Å². The fourth-order valence-electron chi connectivity index (χ4n) is 4.30. The van der Waals surface area contributed by atoms with Crippen LogP contribution in [0.1, 0.15) is 23.2 Å². The number of anilines is 1. The number of piperidine rings is 1. The Balaban J connectivity index is 1.30. The number of amides is 1. The van der Waals surface area contributed by atoms with E-state index in [1.807, 2.05) is 0 Å². The summed E-state index contributed by atoms with van der Waals surface area (Å²) in [5, 5.41) is 4.98. The zero-order valence-corrected chi connectivity index (χ0v) is 20.6. The number of aromatic nitrogens is 4. The SMILES string of the molecule is O=C(c1c(Cl)cccc1Cl)N1CCCC(CNc2nc(-c3c[nH]c4ncc(Cl)cc34)ncc2F)C1. The summed E-state index contributed by atoms with van der Waals surface area (Å²) in [6.07, 6.45) is 6.10. The lowest BCUT2D eigenvalue weighted by molar-refractivity contribution is 0.0680. The summed E-state index contributed by atoms with van der Waals surface area (Å²) in [4.78, 5) is 30.6. The number of nitrogens with one attached hydrogen (secondary N) is 2. The largest absolute Gasteiger partial charge is 0.367 e. The first kappa shape index (κ1) is 23.8. The molecule has 0 radical (unpaired) electrons. The van der Waals surface area contributed by atoms with Crippen LogP contribution in [0.25, 0.3) is 22.4 Å². The third kappa shape index (κ3) is 4.91. The second-order valence-electron chi connectivity index (χ2n) is 8.38. The second kappa shape index (κ2) is 9.97. The molecule has 1 amide bonds. The molecule has 1 saturated heterocycles. The first-order valence-corrected chi connectivity index (χ1v) is 12.2. The number of benzene rings is 1. The van der Waals surface area contributed by atoms with Gasteiger partial charge in [-0.15, -0.1) is 0 Å². The van der Waals surface area contributed by atoms with Gasteiger partial charge in [0.15, 0.2) is 17.5 Å². The number of fused-ring (bicyclic) bond motifs is 1. The summed E-state index contributed by atoms with van der Waals surface area (Å²) < 4.78 is 14.5. The van der Waals surface area contributed by atoms with E-state index in [2.05, 4.69) is 25.3 Å². The summed E-state index contributed by atoms with van der Waals surface area (Å²) in [5.41, 5.74) is 1.62. The molecule has 11 heteroatoms. The fraction of sp³-hybridized carbons (Fsp3) is 0.250. The van der Waals surface area contributed by atoms with Crippen molar-refractivity contribution < 1.29 is 9.18 Å². The first-order valence-electron chi connectivity index (χ1n) is 11.0.